The lowest BCUT2D eigenvalue weighted by molar-refractivity contribution is 0.0671. The van der Waals surface area contributed by atoms with E-state index in [1.54, 1.807) is 22.8 Å². The second-order valence-corrected chi connectivity index (χ2v) is 23.4. The van der Waals surface area contributed by atoms with Crippen molar-refractivity contribution in [3.8, 4) is 0 Å². The third-order valence-corrected chi connectivity index (χ3v) is 16.3. The van der Waals surface area contributed by atoms with Crippen molar-refractivity contribution in [3.05, 3.63) is 0 Å². The van der Waals surface area contributed by atoms with Crippen LogP contribution in [0.1, 0.15) is 80.1 Å². The van der Waals surface area contributed by atoms with E-state index in [2.05, 4.69) is 41.5 Å². The second kappa shape index (κ2) is 12.0. The first kappa shape index (κ1) is 28.1. The van der Waals surface area contributed by atoms with Crippen LogP contribution < -0.4 is 0 Å². The van der Waals surface area contributed by atoms with Crippen molar-refractivity contribution in [2.45, 2.75) is 90.6 Å². The maximum Gasteiger partial charge on any atom is 0.247 e. The topological polar surface area (TPSA) is 36.9 Å². The van der Waals surface area contributed by atoms with Crippen molar-refractivity contribution in [2.75, 3.05) is 26.4 Å². The van der Waals surface area contributed by atoms with Crippen molar-refractivity contribution in [1.82, 2.24) is 0 Å². The van der Waals surface area contributed by atoms with Gasteiger partial charge in [0.1, 0.15) is 0 Å². The zero-order chi connectivity index (χ0) is 22.5. The highest BCUT2D eigenvalue weighted by molar-refractivity contribution is 8.68. The van der Waals surface area contributed by atoms with Crippen LogP contribution in [0.2, 0.25) is 0 Å². The molecule has 0 aliphatic carbocycles. The third-order valence-electron chi connectivity index (χ3n) is 5.04. The average Bonchev–Trinajstić information content (AvgIpc) is 2.64. The van der Waals surface area contributed by atoms with Crippen molar-refractivity contribution >= 4 is 57.8 Å². The van der Waals surface area contributed by atoms with Crippen LogP contribution in [-0.4, -0.2) is 36.9 Å². The lowest BCUT2D eigenvalue weighted by atomic mass is 9.97. The fraction of sp³-hybridized carbons (Fsp3) is 1.00. The predicted molar refractivity (Wildman–Crippen MR) is 142 cm³/mol. The molecule has 0 aromatic heterocycles. The Hall–Kier alpha value is 1.84. The van der Waals surface area contributed by atoms with E-state index in [4.69, 9.17) is 41.7 Å². The van der Waals surface area contributed by atoms with Crippen molar-refractivity contribution < 1.29 is 18.1 Å². The normalized spacial score (nSPS) is 26.7. The molecular weight excluding hydrogens is 494 g/mol. The summed E-state index contributed by atoms with van der Waals surface area (Å²) in [5, 5.41) is 0.975. The van der Waals surface area contributed by atoms with Crippen LogP contribution in [0.3, 0.4) is 0 Å². The van der Waals surface area contributed by atoms with Crippen LogP contribution in [0.5, 0.6) is 0 Å². The molecule has 10 heteroatoms. The standard InChI is InChI=1S/C20H40O4P2S4/c1-17(29-25(27)21-13-19(3,4)14-22-25)11-9-7-8-10-12-18(2)30-26(28)23-15-20(5,6)16-24-26/h17-18H,7-16H2,1-6H3. The molecular formula is C20H40O4P2S4. The Kier molecular flexibility index (Phi) is 11.2. The van der Waals surface area contributed by atoms with Crippen molar-refractivity contribution in [3.63, 3.8) is 0 Å². The number of hydrogen-bond donors (Lipinski definition) is 0. The molecule has 2 aliphatic rings. The Morgan fingerprint density at radius 2 is 0.967 bits per heavy atom. The molecule has 2 atom stereocenters. The fourth-order valence-electron chi connectivity index (χ4n) is 3.06. The van der Waals surface area contributed by atoms with Gasteiger partial charge in [-0.3, -0.25) is 0 Å². The zero-order valence-corrected chi connectivity index (χ0v) is 24.4. The zero-order valence-electron chi connectivity index (χ0n) is 19.4. The van der Waals surface area contributed by atoms with Crippen LogP contribution in [-0.2, 0) is 41.7 Å². The van der Waals surface area contributed by atoms with Crippen molar-refractivity contribution in [1.29, 1.82) is 0 Å². The fourth-order valence-corrected chi connectivity index (χ4v) is 14.8. The SMILES string of the molecule is CC(CCCCCCC(C)SP1(=S)OCC(C)(C)CO1)SP1(=S)OCC(C)(C)CO1. The lowest BCUT2D eigenvalue weighted by Crippen LogP contribution is -2.28. The summed E-state index contributed by atoms with van der Waals surface area (Å²) in [5.74, 6) is 0. The average molecular weight is 535 g/mol. The Bertz CT molecular complexity index is 562. The minimum atomic E-state index is -2.14. The second-order valence-electron chi connectivity index (χ2n) is 10.1. The summed E-state index contributed by atoms with van der Waals surface area (Å²) in [4.78, 5) is 0. The minimum absolute atomic E-state index is 0.0835. The summed E-state index contributed by atoms with van der Waals surface area (Å²) >= 11 is 14.8. The summed E-state index contributed by atoms with van der Waals surface area (Å²) in [6.07, 6.45) is 7.32. The predicted octanol–water partition coefficient (Wildman–Crippen LogP) is 8.17. The summed E-state index contributed by atoms with van der Waals surface area (Å²) in [6.45, 7) is 16.0. The largest absolute Gasteiger partial charge is 0.321 e. The first-order chi connectivity index (χ1) is 13.8. The maximum absolute atomic E-state index is 5.94. The molecule has 2 rings (SSSR count). The molecule has 2 unspecified atom stereocenters. The van der Waals surface area contributed by atoms with Gasteiger partial charge in [-0.15, -0.1) is 0 Å². The molecule has 0 bridgehead atoms. The molecule has 2 fully saturated rings. The molecule has 2 heterocycles. The highest BCUT2D eigenvalue weighted by atomic mass is 32.9. The Morgan fingerprint density at radius 1 is 0.667 bits per heavy atom. The van der Waals surface area contributed by atoms with E-state index in [1.165, 1.54) is 38.5 Å². The molecule has 0 aromatic rings. The molecule has 0 spiro atoms. The highest BCUT2D eigenvalue weighted by Crippen LogP contribution is 2.67. The van der Waals surface area contributed by atoms with Gasteiger partial charge in [-0.2, -0.15) is 0 Å². The van der Waals surface area contributed by atoms with Crippen molar-refractivity contribution in [2.24, 2.45) is 10.8 Å². The number of unbranched alkanes of at least 4 members (excludes halogenated alkanes) is 3. The molecule has 0 aromatic carbocycles. The van der Waals surface area contributed by atoms with Gasteiger partial charge in [-0.1, -0.05) is 90.0 Å². The van der Waals surface area contributed by atoms with Gasteiger partial charge < -0.3 is 18.1 Å². The van der Waals surface area contributed by atoms with Gasteiger partial charge in [0.25, 0.3) is 0 Å². The maximum atomic E-state index is 5.94. The van der Waals surface area contributed by atoms with Crippen LogP contribution in [0.4, 0.5) is 0 Å². The summed E-state index contributed by atoms with van der Waals surface area (Å²) in [5.41, 5.74) is -4.11. The molecule has 0 saturated carbocycles. The quantitative estimate of drug-likeness (QED) is 0.194. The van der Waals surface area contributed by atoms with E-state index < -0.39 is 11.4 Å². The Balaban J connectivity index is 1.53. The molecule has 2 aliphatic heterocycles. The van der Waals surface area contributed by atoms with E-state index in [9.17, 15) is 0 Å². The lowest BCUT2D eigenvalue weighted by Gasteiger charge is -2.36. The number of rotatable bonds is 11. The van der Waals surface area contributed by atoms with Gasteiger partial charge in [0.05, 0.1) is 26.4 Å². The summed E-state index contributed by atoms with van der Waals surface area (Å²) in [6, 6.07) is 0. The van der Waals surface area contributed by atoms with E-state index in [1.807, 2.05) is 0 Å². The molecule has 178 valence electrons. The van der Waals surface area contributed by atoms with Crippen LogP contribution in [0.25, 0.3) is 0 Å². The van der Waals surface area contributed by atoms with Crippen LogP contribution in [0, 0.1) is 10.8 Å². The summed E-state index contributed by atoms with van der Waals surface area (Å²) < 4.78 is 23.8. The monoisotopic (exact) mass is 534 g/mol. The molecule has 2 saturated heterocycles. The van der Waals surface area contributed by atoms with Gasteiger partial charge in [0, 0.05) is 21.3 Å². The van der Waals surface area contributed by atoms with Gasteiger partial charge in [0.15, 0.2) is 0 Å². The van der Waals surface area contributed by atoms with Gasteiger partial charge in [-0.05, 0) is 36.5 Å². The summed E-state index contributed by atoms with van der Waals surface area (Å²) in [7, 11) is 0. The van der Waals surface area contributed by atoms with Gasteiger partial charge in [0.2, 0.25) is 11.4 Å². The first-order valence-electron chi connectivity index (χ1n) is 11.0. The molecule has 0 radical (unpaired) electrons. The molecule has 30 heavy (non-hydrogen) atoms. The molecule has 0 amide bonds. The Morgan fingerprint density at radius 3 is 1.27 bits per heavy atom. The molecule has 0 N–H and O–H groups in total. The van der Waals surface area contributed by atoms with Gasteiger partial charge >= 0.3 is 0 Å². The van der Waals surface area contributed by atoms with E-state index in [0.717, 1.165) is 0 Å². The Labute approximate surface area is 202 Å². The van der Waals surface area contributed by atoms with Crippen LogP contribution in [0.15, 0.2) is 0 Å². The van der Waals surface area contributed by atoms with Crippen LogP contribution >= 0.6 is 34.2 Å². The molecule has 4 nitrogen and oxygen atoms in total. The first-order valence-corrected chi connectivity index (χ1v) is 19.2. The highest BCUT2D eigenvalue weighted by Gasteiger charge is 2.35. The van der Waals surface area contributed by atoms with Gasteiger partial charge in [-0.25, -0.2) is 0 Å². The third kappa shape index (κ3) is 10.4. The number of hydrogen-bond acceptors (Lipinski definition) is 8. The van der Waals surface area contributed by atoms with E-state index in [0.29, 0.717) is 36.9 Å². The van der Waals surface area contributed by atoms with E-state index in [-0.39, 0.29) is 10.8 Å². The minimum Gasteiger partial charge on any atom is -0.321 e. The van der Waals surface area contributed by atoms with E-state index >= 15 is 0 Å². The smallest absolute Gasteiger partial charge is 0.247 e.